The minimum absolute atomic E-state index is 0.667. The lowest BCUT2D eigenvalue weighted by atomic mass is 10.0. The highest BCUT2D eigenvalue weighted by Crippen LogP contribution is 2.28. The van der Waals surface area contributed by atoms with Crippen LogP contribution in [0, 0.1) is 6.92 Å². The molecule has 0 aliphatic heterocycles. The lowest BCUT2D eigenvalue weighted by molar-refractivity contribution is 1.46. The first-order chi connectivity index (χ1) is 7.16. The Morgan fingerprint density at radius 2 is 1.47 bits per heavy atom. The summed E-state index contributed by atoms with van der Waals surface area (Å²) in [5.41, 5.74) is 3.45. The van der Waals surface area contributed by atoms with Crippen molar-refractivity contribution >= 4 is 23.2 Å². The van der Waals surface area contributed by atoms with E-state index in [0.29, 0.717) is 10.0 Å². The third-order valence-corrected chi connectivity index (χ3v) is 2.76. The van der Waals surface area contributed by atoms with Crippen LogP contribution in [0.5, 0.6) is 0 Å². The topological polar surface area (TPSA) is 0 Å². The van der Waals surface area contributed by atoms with Crippen molar-refractivity contribution in [1.82, 2.24) is 0 Å². The molecule has 2 aromatic carbocycles. The third kappa shape index (κ3) is 2.34. The molecule has 2 heteroatoms. The molecule has 0 aliphatic carbocycles. The number of hydrogen-bond acceptors (Lipinski definition) is 0. The number of aryl methyl sites for hydroxylation is 1. The van der Waals surface area contributed by atoms with Gasteiger partial charge in [0.05, 0.1) is 0 Å². The molecule has 0 spiro atoms. The van der Waals surface area contributed by atoms with Crippen molar-refractivity contribution in [3.63, 3.8) is 0 Å². The highest BCUT2D eigenvalue weighted by Gasteiger charge is 2.03. The molecule has 76 valence electrons. The molecule has 0 saturated heterocycles. The molecule has 15 heavy (non-hydrogen) atoms. The molecule has 0 amide bonds. The van der Waals surface area contributed by atoms with Crippen LogP contribution in [0.1, 0.15) is 5.56 Å². The van der Waals surface area contributed by atoms with Crippen molar-refractivity contribution in [3.05, 3.63) is 58.1 Å². The minimum atomic E-state index is 0.667. The quantitative estimate of drug-likeness (QED) is 0.656. The van der Waals surface area contributed by atoms with Crippen LogP contribution in [0.2, 0.25) is 10.0 Å². The van der Waals surface area contributed by atoms with E-state index in [0.717, 1.165) is 5.56 Å². The van der Waals surface area contributed by atoms with Crippen LogP contribution in [0.4, 0.5) is 0 Å². The van der Waals surface area contributed by atoms with Gasteiger partial charge in [-0.15, -0.1) is 0 Å². The monoisotopic (exact) mass is 236 g/mol. The second-order valence-corrected chi connectivity index (χ2v) is 4.35. The number of benzene rings is 2. The fraction of sp³-hybridized carbons (Fsp3) is 0.0769. The fourth-order valence-electron chi connectivity index (χ4n) is 1.61. The normalized spacial score (nSPS) is 10.3. The lowest BCUT2D eigenvalue weighted by Gasteiger charge is -2.06. The van der Waals surface area contributed by atoms with Gasteiger partial charge in [0, 0.05) is 10.0 Å². The Kier molecular flexibility index (Phi) is 2.99. The Balaban J connectivity index is 2.59. The summed E-state index contributed by atoms with van der Waals surface area (Å²) in [6.45, 7) is 2.07. The van der Waals surface area contributed by atoms with Gasteiger partial charge in [-0.3, -0.25) is 0 Å². The number of rotatable bonds is 1. The first kappa shape index (κ1) is 10.5. The largest absolute Gasteiger partial charge is 0.0843 e. The maximum atomic E-state index is 5.97. The van der Waals surface area contributed by atoms with Crippen LogP contribution in [-0.2, 0) is 0 Å². The van der Waals surface area contributed by atoms with Gasteiger partial charge >= 0.3 is 0 Å². The van der Waals surface area contributed by atoms with Gasteiger partial charge in [-0.1, -0.05) is 47.5 Å². The summed E-state index contributed by atoms with van der Waals surface area (Å²) in [5.74, 6) is 0. The molecule has 0 fully saturated rings. The molecule has 0 aliphatic rings. The van der Waals surface area contributed by atoms with Crippen molar-refractivity contribution < 1.29 is 0 Å². The summed E-state index contributed by atoms with van der Waals surface area (Å²) < 4.78 is 0. The average Bonchev–Trinajstić information content (AvgIpc) is 2.16. The third-order valence-electron chi connectivity index (χ3n) is 2.32. The summed E-state index contributed by atoms with van der Waals surface area (Å²) in [7, 11) is 0. The van der Waals surface area contributed by atoms with Crippen LogP contribution in [-0.4, -0.2) is 0 Å². The summed E-state index contributed by atoms with van der Waals surface area (Å²) >= 11 is 11.9. The highest BCUT2D eigenvalue weighted by atomic mass is 35.5. The van der Waals surface area contributed by atoms with Gasteiger partial charge in [-0.25, -0.2) is 0 Å². The van der Waals surface area contributed by atoms with E-state index in [4.69, 9.17) is 23.2 Å². The Morgan fingerprint density at radius 3 is 2.07 bits per heavy atom. The second kappa shape index (κ2) is 4.26. The van der Waals surface area contributed by atoms with Gasteiger partial charge in [0.15, 0.2) is 0 Å². The van der Waals surface area contributed by atoms with Gasteiger partial charge in [-0.05, 0) is 41.8 Å². The van der Waals surface area contributed by atoms with Crippen molar-refractivity contribution in [2.45, 2.75) is 6.92 Å². The molecule has 0 unspecified atom stereocenters. The van der Waals surface area contributed by atoms with E-state index in [9.17, 15) is 0 Å². The summed E-state index contributed by atoms with van der Waals surface area (Å²) in [6, 6.07) is 13.8. The molecule has 0 atom stereocenters. The first-order valence-corrected chi connectivity index (χ1v) is 5.44. The van der Waals surface area contributed by atoms with E-state index >= 15 is 0 Å². The smallest absolute Gasteiger partial charge is 0.0426 e. The van der Waals surface area contributed by atoms with Gasteiger partial charge in [0.2, 0.25) is 0 Å². The molecule has 0 heterocycles. The van der Waals surface area contributed by atoms with Crippen molar-refractivity contribution in [2.24, 2.45) is 0 Å². The number of hydrogen-bond donors (Lipinski definition) is 0. The van der Waals surface area contributed by atoms with Gasteiger partial charge in [0.25, 0.3) is 0 Å². The molecule has 2 rings (SSSR count). The zero-order chi connectivity index (χ0) is 10.8. The maximum Gasteiger partial charge on any atom is 0.0426 e. The van der Waals surface area contributed by atoms with E-state index in [1.54, 1.807) is 6.07 Å². The lowest BCUT2D eigenvalue weighted by Crippen LogP contribution is -1.82. The van der Waals surface area contributed by atoms with Crippen LogP contribution < -0.4 is 0 Å². The van der Waals surface area contributed by atoms with Crippen molar-refractivity contribution in [2.75, 3.05) is 0 Å². The van der Waals surface area contributed by atoms with E-state index in [1.165, 1.54) is 11.1 Å². The predicted molar refractivity (Wildman–Crippen MR) is 66.6 cm³/mol. The molecule has 0 N–H and O–H groups in total. The number of halogens is 2. The standard InChI is InChI=1S/C13H10Cl2/c1-9-4-2-3-5-13(9)10-6-11(14)8-12(15)7-10/h2-8H,1H3. The summed E-state index contributed by atoms with van der Waals surface area (Å²) in [6.07, 6.45) is 0. The Bertz CT molecular complexity index is 469. The van der Waals surface area contributed by atoms with Gasteiger partial charge in [-0.2, -0.15) is 0 Å². The van der Waals surface area contributed by atoms with E-state index in [1.807, 2.05) is 24.3 Å². The Hall–Kier alpha value is -0.980. The molecule has 0 nitrogen and oxygen atoms in total. The van der Waals surface area contributed by atoms with Gasteiger partial charge in [0.1, 0.15) is 0 Å². The first-order valence-electron chi connectivity index (χ1n) is 4.69. The molecule has 2 aromatic rings. The predicted octanol–water partition coefficient (Wildman–Crippen LogP) is 4.97. The van der Waals surface area contributed by atoms with Gasteiger partial charge < -0.3 is 0 Å². The van der Waals surface area contributed by atoms with Crippen LogP contribution in [0.3, 0.4) is 0 Å². The van der Waals surface area contributed by atoms with E-state index < -0.39 is 0 Å². The second-order valence-electron chi connectivity index (χ2n) is 3.47. The molecular formula is C13H10Cl2. The van der Waals surface area contributed by atoms with Crippen molar-refractivity contribution in [1.29, 1.82) is 0 Å². The van der Waals surface area contributed by atoms with Crippen LogP contribution >= 0.6 is 23.2 Å². The SMILES string of the molecule is Cc1ccccc1-c1cc(Cl)cc(Cl)c1. The Labute approximate surface area is 99.5 Å². The maximum absolute atomic E-state index is 5.97. The van der Waals surface area contributed by atoms with E-state index in [-0.39, 0.29) is 0 Å². The van der Waals surface area contributed by atoms with E-state index in [2.05, 4.69) is 19.1 Å². The Morgan fingerprint density at radius 1 is 0.867 bits per heavy atom. The molecule has 0 aromatic heterocycles. The zero-order valence-corrected chi connectivity index (χ0v) is 9.81. The van der Waals surface area contributed by atoms with Crippen LogP contribution in [0.15, 0.2) is 42.5 Å². The molecule has 0 saturated carbocycles. The highest BCUT2D eigenvalue weighted by molar-refractivity contribution is 6.35. The van der Waals surface area contributed by atoms with Crippen LogP contribution in [0.25, 0.3) is 11.1 Å². The molecule has 0 radical (unpaired) electrons. The van der Waals surface area contributed by atoms with Crippen molar-refractivity contribution in [3.8, 4) is 11.1 Å². The molecular weight excluding hydrogens is 227 g/mol. The summed E-state index contributed by atoms with van der Waals surface area (Å²) in [5, 5.41) is 1.33. The average molecular weight is 237 g/mol. The summed E-state index contributed by atoms with van der Waals surface area (Å²) in [4.78, 5) is 0. The molecule has 0 bridgehead atoms. The fourth-order valence-corrected chi connectivity index (χ4v) is 2.13. The minimum Gasteiger partial charge on any atom is -0.0843 e. The zero-order valence-electron chi connectivity index (χ0n) is 8.30.